The van der Waals surface area contributed by atoms with Crippen molar-refractivity contribution in [2.24, 2.45) is 11.3 Å². The predicted molar refractivity (Wildman–Crippen MR) is 93.0 cm³/mol. The summed E-state index contributed by atoms with van der Waals surface area (Å²) >= 11 is 0. The maximum atomic E-state index is 12.8. The summed E-state index contributed by atoms with van der Waals surface area (Å²) in [7, 11) is 3.95. The highest BCUT2D eigenvalue weighted by molar-refractivity contribution is 5.95. The summed E-state index contributed by atoms with van der Waals surface area (Å²) in [5.74, 6) is 0.411. The van der Waals surface area contributed by atoms with Gasteiger partial charge < -0.3 is 15.1 Å². The van der Waals surface area contributed by atoms with Crippen LogP contribution in [0, 0.1) is 11.3 Å². The monoisotopic (exact) mass is 327 g/mol. The lowest BCUT2D eigenvalue weighted by Crippen LogP contribution is -2.32. The Morgan fingerprint density at radius 1 is 1.29 bits per heavy atom. The van der Waals surface area contributed by atoms with Crippen molar-refractivity contribution in [1.82, 2.24) is 10.2 Å². The number of hydrogen-bond acceptors (Lipinski definition) is 3. The Morgan fingerprint density at radius 3 is 2.79 bits per heavy atom. The van der Waals surface area contributed by atoms with Crippen LogP contribution in [0.5, 0.6) is 0 Å². The minimum Gasteiger partial charge on any atom is -0.378 e. The molecule has 1 aromatic carbocycles. The molecule has 1 spiro atoms. The number of hydrogen-bond donors (Lipinski definition) is 1. The summed E-state index contributed by atoms with van der Waals surface area (Å²) in [6.45, 7) is 1.49. The molecule has 2 amide bonds. The maximum Gasteiger partial charge on any atom is 0.253 e. The molecule has 1 saturated heterocycles. The lowest BCUT2D eigenvalue weighted by Gasteiger charge is -2.19. The predicted octanol–water partition coefficient (Wildman–Crippen LogP) is 1.88. The molecule has 0 aromatic heterocycles. The van der Waals surface area contributed by atoms with Crippen LogP contribution >= 0.6 is 0 Å². The van der Waals surface area contributed by atoms with E-state index in [-0.39, 0.29) is 23.1 Å². The van der Waals surface area contributed by atoms with E-state index in [1.807, 2.05) is 48.2 Å². The summed E-state index contributed by atoms with van der Waals surface area (Å²) in [4.78, 5) is 29.0. The molecule has 128 valence electrons. The van der Waals surface area contributed by atoms with E-state index in [4.69, 9.17) is 0 Å². The number of amides is 2. The standard InChI is InChI=1S/C19H25N3O2/c1-21(2)15-5-3-4-13(10-15)18(24)22-9-8-19(12-22)11-16(19)17(23)20-14-6-7-14/h3-5,10,14,16H,6-9,11-12H2,1-2H3,(H,20,23)/t16-,19+/m0/s1. The van der Waals surface area contributed by atoms with Crippen LogP contribution in [0.15, 0.2) is 24.3 Å². The first kappa shape index (κ1) is 15.5. The molecule has 3 fully saturated rings. The van der Waals surface area contributed by atoms with E-state index in [1.54, 1.807) is 0 Å². The maximum absolute atomic E-state index is 12.8. The molecule has 24 heavy (non-hydrogen) atoms. The van der Waals surface area contributed by atoms with Crippen LogP contribution in [0.4, 0.5) is 5.69 Å². The zero-order valence-electron chi connectivity index (χ0n) is 14.4. The van der Waals surface area contributed by atoms with E-state index >= 15 is 0 Å². The fraction of sp³-hybridized carbons (Fsp3) is 0.579. The van der Waals surface area contributed by atoms with Crippen molar-refractivity contribution in [3.8, 4) is 0 Å². The number of anilines is 1. The summed E-state index contributed by atoms with van der Waals surface area (Å²) in [5, 5.41) is 3.11. The number of carbonyl (C=O) groups excluding carboxylic acids is 2. The molecule has 2 aliphatic carbocycles. The number of nitrogens with one attached hydrogen (secondary N) is 1. The number of likely N-dealkylation sites (tertiary alicyclic amines) is 1. The fourth-order valence-corrected chi connectivity index (χ4v) is 3.87. The third kappa shape index (κ3) is 2.76. The normalized spacial score (nSPS) is 28.1. The van der Waals surface area contributed by atoms with Crippen LogP contribution in [0.2, 0.25) is 0 Å². The van der Waals surface area contributed by atoms with Crippen molar-refractivity contribution in [2.75, 3.05) is 32.1 Å². The molecule has 1 aliphatic heterocycles. The molecule has 1 N–H and O–H groups in total. The lowest BCUT2D eigenvalue weighted by molar-refractivity contribution is -0.123. The fourth-order valence-electron chi connectivity index (χ4n) is 3.87. The molecule has 1 heterocycles. The first-order chi connectivity index (χ1) is 11.5. The van der Waals surface area contributed by atoms with Gasteiger partial charge in [0.1, 0.15) is 0 Å². The highest BCUT2D eigenvalue weighted by atomic mass is 16.2. The summed E-state index contributed by atoms with van der Waals surface area (Å²) < 4.78 is 0. The van der Waals surface area contributed by atoms with Gasteiger partial charge >= 0.3 is 0 Å². The highest BCUT2D eigenvalue weighted by Gasteiger charge is 2.61. The molecule has 4 rings (SSSR count). The molecule has 5 nitrogen and oxygen atoms in total. The number of benzene rings is 1. The summed E-state index contributed by atoms with van der Waals surface area (Å²) in [5.41, 5.74) is 1.81. The van der Waals surface area contributed by atoms with Crippen molar-refractivity contribution >= 4 is 17.5 Å². The molecule has 0 bridgehead atoms. The first-order valence-corrected chi connectivity index (χ1v) is 8.86. The molecule has 2 atom stereocenters. The Hall–Kier alpha value is -2.04. The van der Waals surface area contributed by atoms with Crippen LogP contribution < -0.4 is 10.2 Å². The Kier molecular flexibility index (Phi) is 3.55. The van der Waals surface area contributed by atoms with E-state index < -0.39 is 0 Å². The van der Waals surface area contributed by atoms with E-state index in [1.165, 1.54) is 0 Å². The van der Waals surface area contributed by atoms with Gasteiger partial charge in [0.2, 0.25) is 5.91 Å². The van der Waals surface area contributed by atoms with Gasteiger partial charge in [0.25, 0.3) is 5.91 Å². The molecule has 2 saturated carbocycles. The van der Waals surface area contributed by atoms with Crippen LogP contribution in [-0.4, -0.2) is 49.9 Å². The Bertz CT molecular complexity index is 683. The van der Waals surface area contributed by atoms with Gasteiger partial charge in [-0.05, 0) is 43.9 Å². The quantitative estimate of drug-likeness (QED) is 0.919. The number of carbonyl (C=O) groups is 2. The third-order valence-electron chi connectivity index (χ3n) is 5.71. The Labute approximate surface area is 143 Å². The minimum atomic E-state index is 0.0494. The molecular formula is C19H25N3O2. The van der Waals surface area contributed by atoms with E-state index in [9.17, 15) is 9.59 Å². The SMILES string of the molecule is CN(C)c1cccc(C(=O)N2CC[C@@]3(C[C@H]3C(=O)NC3CC3)C2)c1. The van der Waals surface area contributed by atoms with Crippen LogP contribution in [-0.2, 0) is 4.79 Å². The topological polar surface area (TPSA) is 52.7 Å². The average molecular weight is 327 g/mol. The first-order valence-electron chi connectivity index (χ1n) is 8.86. The molecular weight excluding hydrogens is 302 g/mol. The van der Waals surface area contributed by atoms with Gasteiger partial charge in [-0.15, -0.1) is 0 Å². The molecule has 0 radical (unpaired) electrons. The van der Waals surface area contributed by atoms with Gasteiger partial charge in [0, 0.05) is 55.8 Å². The van der Waals surface area contributed by atoms with Gasteiger partial charge in [-0.2, -0.15) is 0 Å². The molecule has 5 heteroatoms. The van der Waals surface area contributed by atoms with Crippen molar-refractivity contribution in [2.45, 2.75) is 31.7 Å². The number of nitrogens with zero attached hydrogens (tertiary/aromatic N) is 2. The van der Waals surface area contributed by atoms with E-state index in [2.05, 4.69) is 5.32 Å². The van der Waals surface area contributed by atoms with Crippen LogP contribution in [0.3, 0.4) is 0 Å². The average Bonchev–Trinajstić information content (AvgIpc) is 3.45. The Balaban J connectivity index is 1.41. The van der Waals surface area contributed by atoms with Crippen molar-refractivity contribution < 1.29 is 9.59 Å². The lowest BCUT2D eigenvalue weighted by atomic mass is 10.0. The molecule has 3 aliphatic rings. The minimum absolute atomic E-state index is 0.0494. The van der Waals surface area contributed by atoms with E-state index in [0.717, 1.165) is 50.0 Å². The van der Waals surface area contributed by atoms with Gasteiger partial charge in [-0.1, -0.05) is 6.07 Å². The summed E-state index contributed by atoms with van der Waals surface area (Å²) in [6.07, 6.45) is 4.14. The number of rotatable bonds is 4. The van der Waals surface area contributed by atoms with Gasteiger partial charge in [0.05, 0.1) is 0 Å². The van der Waals surface area contributed by atoms with Crippen molar-refractivity contribution in [1.29, 1.82) is 0 Å². The zero-order chi connectivity index (χ0) is 16.9. The smallest absolute Gasteiger partial charge is 0.253 e. The van der Waals surface area contributed by atoms with Crippen molar-refractivity contribution in [3.05, 3.63) is 29.8 Å². The largest absolute Gasteiger partial charge is 0.378 e. The third-order valence-corrected chi connectivity index (χ3v) is 5.71. The molecule has 0 unspecified atom stereocenters. The zero-order valence-corrected chi connectivity index (χ0v) is 14.4. The second kappa shape index (κ2) is 5.50. The second-order valence-electron chi connectivity index (χ2n) is 7.82. The summed E-state index contributed by atoms with van der Waals surface area (Å²) in [6, 6.07) is 8.17. The van der Waals surface area contributed by atoms with Gasteiger partial charge in [-0.3, -0.25) is 9.59 Å². The van der Waals surface area contributed by atoms with Gasteiger partial charge in [-0.25, -0.2) is 0 Å². The van der Waals surface area contributed by atoms with Crippen LogP contribution in [0.1, 0.15) is 36.0 Å². The Morgan fingerprint density at radius 2 is 2.08 bits per heavy atom. The van der Waals surface area contributed by atoms with Gasteiger partial charge in [0.15, 0.2) is 0 Å². The highest BCUT2D eigenvalue weighted by Crippen LogP contribution is 2.58. The van der Waals surface area contributed by atoms with E-state index in [0.29, 0.717) is 6.04 Å². The molecule has 1 aromatic rings. The van der Waals surface area contributed by atoms with Crippen LogP contribution in [0.25, 0.3) is 0 Å². The second-order valence-corrected chi connectivity index (χ2v) is 7.82. The van der Waals surface area contributed by atoms with Crippen molar-refractivity contribution in [3.63, 3.8) is 0 Å².